The molecule has 1 aliphatic carbocycles. The van der Waals surface area contributed by atoms with Crippen LogP contribution < -0.4 is 10.1 Å². The van der Waals surface area contributed by atoms with Crippen LogP contribution in [0.1, 0.15) is 50.2 Å². The standard InChI is InChI=1S/C28H33BrN2O4/c1-19(12-13-20-8-4-3-5-9-20)30-27(32)18-31-23-10-6-7-11-25(23)35-26(28(31)33)17-21-14-15-24(34-2)22(29)16-21/h3-5,8-9,14-17,19,23,25H,6-7,10-13,18H2,1-2H3,(H,30,32)/b26-17-. The van der Waals surface area contributed by atoms with Crippen LogP contribution in [0, 0.1) is 0 Å². The maximum absolute atomic E-state index is 13.4. The van der Waals surface area contributed by atoms with Crippen LogP contribution in [0.25, 0.3) is 6.08 Å². The Morgan fingerprint density at radius 3 is 2.74 bits per heavy atom. The molecule has 2 fully saturated rings. The number of methoxy groups -OCH3 is 1. The van der Waals surface area contributed by atoms with Gasteiger partial charge in [0.1, 0.15) is 18.4 Å². The van der Waals surface area contributed by atoms with Gasteiger partial charge in [-0.15, -0.1) is 0 Å². The molecular formula is C28H33BrN2O4. The highest BCUT2D eigenvalue weighted by Crippen LogP contribution is 2.34. The van der Waals surface area contributed by atoms with E-state index in [4.69, 9.17) is 9.47 Å². The molecule has 1 saturated heterocycles. The summed E-state index contributed by atoms with van der Waals surface area (Å²) in [4.78, 5) is 28.1. The topological polar surface area (TPSA) is 67.9 Å². The zero-order chi connectivity index (χ0) is 24.8. The third-order valence-electron chi connectivity index (χ3n) is 6.72. The number of hydrogen-bond donors (Lipinski definition) is 1. The molecule has 2 aliphatic rings. The summed E-state index contributed by atoms with van der Waals surface area (Å²) in [5.41, 5.74) is 2.08. The molecule has 1 heterocycles. The minimum atomic E-state index is -0.229. The van der Waals surface area contributed by atoms with Crippen LogP contribution in [0.4, 0.5) is 0 Å². The second-order valence-corrected chi connectivity index (χ2v) is 10.2. The third-order valence-corrected chi connectivity index (χ3v) is 7.34. The van der Waals surface area contributed by atoms with Crippen molar-refractivity contribution in [2.45, 2.75) is 63.6 Å². The number of rotatable bonds is 8. The van der Waals surface area contributed by atoms with Crippen molar-refractivity contribution in [3.8, 4) is 5.75 Å². The van der Waals surface area contributed by atoms with E-state index < -0.39 is 0 Å². The fourth-order valence-corrected chi connectivity index (χ4v) is 5.42. The number of benzene rings is 2. The molecule has 2 aromatic carbocycles. The molecule has 2 amide bonds. The number of hydrogen-bond acceptors (Lipinski definition) is 4. The molecule has 0 spiro atoms. The molecule has 3 unspecified atom stereocenters. The number of morpholine rings is 1. The van der Waals surface area contributed by atoms with Gasteiger partial charge in [0, 0.05) is 6.04 Å². The summed E-state index contributed by atoms with van der Waals surface area (Å²) >= 11 is 3.49. The zero-order valence-corrected chi connectivity index (χ0v) is 21.9. The van der Waals surface area contributed by atoms with E-state index in [-0.39, 0.29) is 42.3 Å². The Bertz CT molecular complexity index is 1070. The van der Waals surface area contributed by atoms with Gasteiger partial charge in [0.05, 0.1) is 17.6 Å². The third kappa shape index (κ3) is 6.45. The summed E-state index contributed by atoms with van der Waals surface area (Å²) in [5.74, 6) is 0.647. The lowest BCUT2D eigenvalue weighted by Crippen LogP contribution is -2.57. The number of amides is 2. The maximum Gasteiger partial charge on any atom is 0.289 e. The second-order valence-electron chi connectivity index (χ2n) is 9.34. The number of carbonyl (C=O) groups is 2. The van der Waals surface area contributed by atoms with Gasteiger partial charge in [-0.3, -0.25) is 9.59 Å². The molecule has 0 bridgehead atoms. The van der Waals surface area contributed by atoms with E-state index in [0.29, 0.717) is 0 Å². The Hall–Kier alpha value is -2.80. The quantitative estimate of drug-likeness (QED) is 0.472. The van der Waals surface area contributed by atoms with Gasteiger partial charge in [0.2, 0.25) is 5.91 Å². The summed E-state index contributed by atoms with van der Waals surface area (Å²) < 4.78 is 12.3. The number of nitrogens with zero attached hydrogens (tertiary/aromatic N) is 1. The Kier molecular flexibility index (Phi) is 8.50. The largest absolute Gasteiger partial charge is 0.496 e. The van der Waals surface area contributed by atoms with Crippen molar-refractivity contribution in [1.29, 1.82) is 0 Å². The monoisotopic (exact) mass is 540 g/mol. The lowest BCUT2D eigenvalue weighted by atomic mass is 9.89. The minimum absolute atomic E-state index is 0.0210. The molecule has 3 atom stereocenters. The van der Waals surface area contributed by atoms with Crippen molar-refractivity contribution in [3.63, 3.8) is 0 Å². The predicted molar refractivity (Wildman–Crippen MR) is 140 cm³/mol. The van der Waals surface area contributed by atoms with E-state index in [1.54, 1.807) is 18.1 Å². The number of fused-ring (bicyclic) bond motifs is 1. The van der Waals surface area contributed by atoms with E-state index in [1.807, 2.05) is 43.3 Å². The van der Waals surface area contributed by atoms with Gasteiger partial charge in [-0.1, -0.05) is 42.8 Å². The van der Waals surface area contributed by atoms with Gasteiger partial charge in [-0.2, -0.15) is 0 Å². The van der Waals surface area contributed by atoms with E-state index >= 15 is 0 Å². The van der Waals surface area contributed by atoms with Crippen molar-refractivity contribution < 1.29 is 19.1 Å². The number of nitrogens with one attached hydrogen (secondary N) is 1. The number of aryl methyl sites for hydroxylation is 1. The minimum Gasteiger partial charge on any atom is -0.496 e. The molecule has 6 nitrogen and oxygen atoms in total. The van der Waals surface area contributed by atoms with Gasteiger partial charge in [0.25, 0.3) is 5.91 Å². The van der Waals surface area contributed by atoms with E-state index in [0.717, 1.165) is 54.3 Å². The Labute approximate surface area is 215 Å². The van der Waals surface area contributed by atoms with Crippen LogP contribution in [0.3, 0.4) is 0 Å². The zero-order valence-electron chi connectivity index (χ0n) is 20.3. The summed E-state index contributed by atoms with van der Waals surface area (Å²) in [6.45, 7) is 2.06. The van der Waals surface area contributed by atoms with Crippen molar-refractivity contribution in [2.75, 3.05) is 13.7 Å². The van der Waals surface area contributed by atoms with Crippen LogP contribution in [0.2, 0.25) is 0 Å². The molecule has 0 radical (unpaired) electrons. The predicted octanol–water partition coefficient (Wildman–Crippen LogP) is 5.11. The van der Waals surface area contributed by atoms with E-state index in [1.165, 1.54) is 5.56 Å². The molecule has 1 N–H and O–H groups in total. The van der Waals surface area contributed by atoms with Gasteiger partial charge < -0.3 is 19.7 Å². The molecule has 1 aliphatic heterocycles. The Morgan fingerprint density at radius 1 is 1.23 bits per heavy atom. The summed E-state index contributed by atoms with van der Waals surface area (Å²) in [7, 11) is 1.61. The summed E-state index contributed by atoms with van der Waals surface area (Å²) in [6.07, 6.45) is 7.25. The molecule has 1 saturated carbocycles. The van der Waals surface area contributed by atoms with E-state index in [2.05, 4.69) is 33.4 Å². The van der Waals surface area contributed by atoms with Crippen LogP contribution >= 0.6 is 15.9 Å². The smallest absolute Gasteiger partial charge is 0.289 e. The summed E-state index contributed by atoms with van der Waals surface area (Å²) in [5, 5.41) is 3.08. The first-order chi connectivity index (χ1) is 16.9. The number of carbonyl (C=O) groups excluding carboxylic acids is 2. The first kappa shape index (κ1) is 25.3. The highest BCUT2D eigenvalue weighted by atomic mass is 79.9. The normalized spacial score (nSPS) is 21.7. The molecule has 7 heteroatoms. The number of ether oxygens (including phenoxy) is 2. The van der Waals surface area contributed by atoms with E-state index in [9.17, 15) is 9.59 Å². The maximum atomic E-state index is 13.4. The van der Waals surface area contributed by atoms with Crippen LogP contribution in [-0.2, 0) is 20.7 Å². The van der Waals surface area contributed by atoms with Crippen molar-refractivity contribution in [3.05, 3.63) is 69.9 Å². The van der Waals surface area contributed by atoms with Gasteiger partial charge in [-0.25, -0.2) is 0 Å². The first-order valence-corrected chi connectivity index (χ1v) is 13.1. The van der Waals surface area contributed by atoms with Crippen LogP contribution in [0.5, 0.6) is 5.75 Å². The first-order valence-electron chi connectivity index (χ1n) is 12.3. The number of halogens is 1. The molecule has 0 aromatic heterocycles. The molecule has 186 valence electrons. The van der Waals surface area contributed by atoms with Gasteiger partial charge >= 0.3 is 0 Å². The average molecular weight is 541 g/mol. The fraction of sp³-hybridized carbons (Fsp3) is 0.429. The van der Waals surface area contributed by atoms with Crippen LogP contribution in [0.15, 0.2) is 58.8 Å². The molecule has 4 rings (SSSR count). The average Bonchev–Trinajstić information content (AvgIpc) is 2.86. The summed E-state index contributed by atoms with van der Waals surface area (Å²) in [6, 6.07) is 15.8. The highest BCUT2D eigenvalue weighted by Gasteiger charge is 2.42. The van der Waals surface area contributed by atoms with Gasteiger partial charge in [-0.05, 0) is 84.3 Å². The molecular weight excluding hydrogens is 508 g/mol. The van der Waals surface area contributed by atoms with Crippen molar-refractivity contribution in [1.82, 2.24) is 10.2 Å². The highest BCUT2D eigenvalue weighted by molar-refractivity contribution is 9.10. The van der Waals surface area contributed by atoms with Crippen molar-refractivity contribution >= 4 is 33.8 Å². The SMILES string of the molecule is COc1ccc(/C=C2\OC3CCCCC3N(CC(=O)NC(C)CCc3ccccc3)C2=O)cc1Br. The second kappa shape index (κ2) is 11.8. The van der Waals surface area contributed by atoms with Crippen LogP contribution in [-0.4, -0.2) is 48.6 Å². The Morgan fingerprint density at radius 2 is 2.00 bits per heavy atom. The van der Waals surface area contributed by atoms with Crippen molar-refractivity contribution in [2.24, 2.45) is 0 Å². The molecule has 2 aromatic rings. The van der Waals surface area contributed by atoms with Gasteiger partial charge in [0.15, 0.2) is 5.76 Å². The fourth-order valence-electron chi connectivity index (χ4n) is 4.86. The Balaban J connectivity index is 1.44. The molecule has 35 heavy (non-hydrogen) atoms. The lowest BCUT2D eigenvalue weighted by molar-refractivity contribution is -0.152. The lowest BCUT2D eigenvalue weighted by Gasteiger charge is -2.44.